The molecule has 7 aromatic carbocycles. The van der Waals surface area contributed by atoms with Crippen LogP contribution in [-0.2, 0) is 6.42 Å². The first-order chi connectivity index (χ1) is 27.8. The topological polar surface area (TPSA) is 44.6 Å². The van der Waals surface area contributed by atoms with Crippen LogP contribution in [0.3, 0.4) is 0 Å². The van der Waals surface area contributed by atoms with Crippen LogP contribution in [-0.4, -0.2) is 16.7 Å². The minimum absolute atomic E-state index is 0.170. The summed E-state index contributed by atoms with van der Waals surface area (Å²) in [6.07, 6.45) is 2.88. The van der Waals surface area contributed by atoms with Crippen LogP contribution in [0.2, 0.25) is 0 Å². The number of nitrogens with zero attached hydrogens (tertiary/aromatic N) is 3. The van der Waals surface area contributed by atoms with Gasteiger partial charge in [0.05, 0.1) is 11.2 Å². The van der Waals surface area contributed by atoms with E-state index in [4.69, 9.17) is 4.99 Å². The molecule has 0 spiro atoms. The smallest absolute Gasteiger partial charge is 0.162 e. The van der Waals surface area contributed by atoms with Crippen LogP contribution in [0.5, 0.6) is 0 Å². The predicted octanol–water partition coefficient (Wildman–Crippen LogP) is 11.1. The number of hydrogen-bond donors (Lipinski definition) is 2. The number of benzene rings is 7. The van der Waals surface area contributed by atoms with E-state index in [-0.39, 0.29) is 18.4 Å². The molecule has 3 unspecified atom stereocenters. The molecule has 268 valence electrons. The van der Waals surface area contributed by atoms with Crippen LogP contribution in [0.4, 0.5) is 5.69 Å². The number of anilines is 1. The molecule has 8 aromatic rings. The first-order valence-electron chi connectivity index (χ1n) is 19.5. The van der Waals surface area contributed by atoms with Crippen molar-refractivity contribution >= 4 is 28.5 Å². The summed E-state index contributed by atoms with van der Waals surface area (Å²) in [5.41, 5.74) is 15.9. The number of allylic oxidation sites excluding steroid dienone is 1. The van der Waals surface area contributed by atoms with E-state index in [0.29, 0.717) is 0 Å². The van der Waals surface area contributed by atoms with E-state index in [2.05, 4.69) is 214 Å². The van der Waals surface area contributed by atoms with E-state index in [0.717, 1.165) is 23.4 Å². The van der Waals surface area contributed by atoms with Crippen molar-refractivity contribution in [2.24, 2.45) is 4.99 Å². The van der Waals surface area contributed by atoms with Gasteiger partial charge in [0, 0.05) is 51.5 Å². The van der Waals surface area contributed by atoms with Crippen molar-refractivity contribution in [3.05, 3.63) is 222 Å². The number of hydrogen-bond acceptors (Lipinski definition) is 4. The fourth-order valence-electron chi connectivity index (χ4n) is 9.05. The Kier molecular flexibility index (Phi) is 7.78. The number of aromatic nitrogens is 1. The van der Waals surface area contributed by atoms with E-state index in [9.17, 15) is 0 Å². The van der Waals surface area contributed by atoms with Gasteiger partial charge in [0.25, 0.3) is 0 Å². The Balaban J connectivity index is 1.08. The van der Waals surface area contributed by atoms with E-state index >= 15 is 0 Å². The Morgan fingerprint density at radius 1 is 0.554 bits per heavy atom. The summed E-state index contributed by atoms with van der Waals surface area (Å²) in [6.45, 7) is 0. The van der Waals surface area contributed by atoms with Crippen LogP contribution in [0.1, 0.15) is 40.0 Å². The zero-order valence-corrected chi connectivity index (χ0v) is 30.8. The molecule has 1 aliphatic carbocycles. The third-order valence-corrected chi connectivity index (χ3v) is 11.6. The van der Waals surface area contributed by atoms with Gasteiger partial charge in [-0.3, -0.25) is 5.32 Å². The minimum atomic E-state index is -0.240. The second kappa shape index (κ2) is 13.4. The Morgan fingerprint density at radius 2 is 1.20 bits per heavy atom. The lowest BCUT2D eigenvalue weighted by molar-refractivity contribution is 0.395. The molecular weight excluding hydrogens is 683 g/mol. The van der Waals surface area contributed by atoms with E-state index in [1.807, 2.05) is 0 Å². The number of rotatable bonds is 6. The van der Waals surface area contributed by atoms with Crippen LogP contribution < -0.4 is 15.5 Å². The molecule has 0 saturated heterocycles. The lowest BCUT2D eigenvalue weighted by Crippen LogP contribution is -2.59. The summed E-state index contributed by atoms with van der Waals surface area (Å²) in [5.74, 6) is 1.05. The molecule has 5 nitrogen and oxygen atoms in total. The standard InChI is InChI=1S/C51H39N5/c1-5-17-34(18-6-1)38-29-30-46(41(31-38)35-19-7-2-8-20-35)55-44-27-15-13-25-39(44)42-33-48-43(32-47(42)55)40-26-14-16-28-45(40)56(48)51-53-49(36-21-9-3-10-22-36)52-50(54-51)37-23-11-4-12-24-37/h1-31,33,43,49,51,53H,32H2,(H,52,54). The fraction of sp³-hybridized carbons (Fsp3) is 0.0784. The Hall–Kier alpha value is -6.95. The molecule has 1 aromatic heterocycles. The Labute approximate surface area is 326 Å². The minimum Gasteiger partial charge on any atom is -0.337 e. The van der Waals surface area contributed by atoms with Crippen LogP contribution in [0.25, 0.3) is 44.9 Å². The molecule has 0 bridgehead atoms. The number of amidine groups is 1. The maximum absolute atomic E-state index is 5.22. The third kappa shape index (κ3) is 5.39. The second-order valence-electron chi connectivity index (χ2n) is 14.8. The van der Waals surface area contributed by atoms with Gasteiger partial charge in [-0.25, -0.2) is 4.99 Å². The van der Waals surface area contributed by atoms with E-state index < -0.39 is 0 Å². The highest BCUT2D eigenvalue weighted by atomic mass is 15.5. The first kappa shape index (κ1) is 32.5. The van der Waals surface area contributed by atoms with Gasteiger partial charge in [0.15, 0.2) is 6.29 Å². The summed E-state index contributed by atoms with van der Waals surface area (Å²) in [5, 5.41) is 9.00. The van der Waals surface area contributed by atoms with Gasteiger partial charge < -0.3 is 14.8 Å². The first-order valence-corrected chi connectivity index (χ1v) is 19.5. The molecule has 3 aliphatic rings. The molecule has 2 N–H and O–H groups in total. The van der Waals surface area contributed by atoms with Gasteiger partial charge in [-0.05, 0) is 58.2 Å². The number of nitrogens with one attached hydrogen (secondary N) is 2. The summed E-state index contributed by atoms with van der Waals surface area (Å²) in [4.78, 5) is 7.71. The van der Waals surface area contributed by atoms with Crippen LogP contribution in [0.15, 0.2) is 199 Å². The maximum atomic E-state index is 5.22. The monoisotopic (exact) mass is 721 g/mol. The summed E-state index contributed by atoms with van der Waals surface area (Å²) in [6, 6.07) is 67.4. The van der Waals surface area contributed by atoms with Crippen LogP contribution >= 0.6 is 0 Å². The Bertz CT molecular complexity index is 2790. The summed E-state index contributed by atoms with van der Waals surface area (Å²) in [7, 11) is 0. The summed E-state index contributed by atoms with van der Waals surface area (Å²) >= 11 is 0. The van der Waals surface area contributed by atoms with Gasteiger partial charge in [-0.15, -0.1) is 0 Å². The van der Waals surface area contributed by atoms with Crippen molar-refractivity contribution in [1.82, 2.24) is 15.2 Å². The van der Waals surface area contributed by atoms with Crippen molar-refractivity contribution in [3.8, 4) is 27.9 Å². The largest absolute Gasteiger partial charge is 0.337 e. The molecule has 0 radical (unpaired) electrons. The molecular formula is C51H39N5. The molecule has 2 aliphatic heterocycles. The lowest BCUT2D eigenvalue weighted by atomic mass is 9.87. The lowest BCUT2D eigenvalue weighted by Gasteiger charge is -2.40. The highest BCUT2D eigenvalue weighted by Gasteiger charge is 2.43. The molecule has 3 atom stereocenters. The van der Waals surface area contributed by atoms with Gasteiger partial charge in [-0.2, -0.15) is 0 Å². The van der Waals surface area contributed by atoms with Crippen molar-refractivity contribution in [2.75, 3.05) is 4.90 Å². The summed E-state index contributed by atoms with van der Waals surface area (Å²) < 4.78 is 2.54. The molecule has 0 fully saturated rings. The fourth-order valence-corrected chi connectivity index (χ4v) is 9.05. The van der Waals surface area contributed by atoms with Gasteiger partial charge in [0.1, 0.15) is 12.0 Å². The molecule has 11 rings (SSSR count). The average molecular weight is 722 g/mol. The van der Waals surface area contributed by atoms with Crippen molar-refractivity contribution in [2.45, 2.75) is 24.8 Å². The van der Waals surface area contributed by atoms with Crippen molar-refractivity contribution in [1.29, 1.82) is 0 Å². The highest BCUT2D eigenvalue weighted by Crippen LogP contribution is 2.51. The predicted molar refractivity (Wildman–Crippen MR) is 230 cm³/mol. The molecule has 0 amide bonds. The zero-order valence-electron chi connectivity index (χ0n) is 30.8. The quantitative estimate of drug-likeness (QED) is 0.180. The zero-order chi connectivity index (χ0) is 37.0. The van der Waals surface area contributed by atoms with E-state index in [1.165, 1.54) is 67.0 Å². The second-order valence-corrected chi connectivity index (χ2v) is 14.8. The van der Waals surface area contributed by atoms with Gasteiger partial charge in [-0.1, -0.05) is 164 Å². The molecule has 5 heteroatoms. The van der Waals surface area contributed by atoms with E-state index in [1.54, 1.807) is 0 Å². The number of para-hydroxylation sites is 2. The molecule has 3 heterocycles. The highest BCUT2D eigenvalue weighted by molar-refractivity contribution is 6.00. The maximum Gasteiger partial charge on any atom is 0.162 e. The third-order valence-electron chi connectivity index (χ3n) is 11.6. The number of aliphatic imine (C=N–C) groups is 1. The van der Waals surface area contributed by atoms with Gasteiger partial charge in [0.2, 0.25) is 0 Å². The SMILES string of the molecule is C1=C2C(Cc3c1c1ccccc1n3-c1ccc(-c3ccccc3)cc1-c1ccccc1)c1ccccc1N2C1NC(c2ccccc2)=NC(c2ccccc2)N1. The average Bonchev–Trinajstić information content (AvgIpc) is 3.78. The Morgan fingerprint density at radius 3 is 1.96 bits per heavy atom. The normalized spacial score (nSPS) is 18.4. The van der Waals surface area contributed by atoms with Gasteiger partial charge >= 0.3 is 0 Å². The number of fused-ring (bicyclic) bond motifs is 6. The van der Waals surface area contributed by atoms with Crippen molar-refractivity contribution < 1.29 is 0 Å². The molecule has 56 heavy (non-hydrogen) atoms. The molecule has 0 saturated carbocycles. The van der Waals surface area contributed by atoms with Crippen molar-refractivity contribution in [3.63, 3.8) is 0 Å². The van der Waals surface area contributed by atoms with Crippen LogP contribution in [0, 0.1) is 0 Å².